The number of rotatable bonds is 4. The number of carbonyl (C=O) groups is 1. The standard InChI is InChI=1S/C15H27O3S/c1-6-18-11(16)9-19(5)12-10-7-8-15(4,13(12)17)14(10,2)3/h10,12-13,17H,6-9H2,1-5H3/q+1/t10-,12-,13-,15+,19?/m1/s1. The van der Waals surface area contributed by atoms with Gasteiger partial charge in [-0.05, 0) is 25.2 Å². The normalized spacial score (nSPS) is 41.3. The molecule has 1 unspecified atom stereocenters. The Morgan fingerprint density at radius 2 is 2.05 bits per heavy atom. The Balaban J connectivity index is 2.12. The second-order valence-electron chi connectivity index (χ2n) is 6.83. The number of aliphatic hydroxyl groups is 1. The van der Waals surface area contributed by atoms with Crippen molar-refractivity contribution in [3.8, 4) is 0 Å². The molecule has 3 nitrogen and oxygen atoms in total. The van der Waals surface area contributed by atoms with Crippen LogP contribution in [0.1, 0.15) is 40.5 Å². The summed E-state index contributed by atoms with van der Waals surface area (Å²) in [6.45, 7) is 9.07. The molecule has 0 radical (unpaired) electrons. The summed E-state index contributed by atoms with van der Waals surface area (Å²) in [6.07, 6.45) is 4.14. The smallest absolute Gasteiger partial charge is 0.356 e. The minimum absolute atomic E-state index is 0.0122. The van der Waals surface area contributed by atoms with E-state index in [1.54, 1.807) is 0 Å². The molecule has 4 heteroatoms. The zero-order valence-corrected chi connectivity index (χ0v) is 13.5. The second kappa shape index (κ2) is 4.96. The molecule has 0 aromatic rings. The van der Waals surface area contributed by atoms with Crippen LogP contribution in [0, 0.1) is 16.7 Å². The lowest BCUT2D eigenvalue weighted by atomic mass is 9.70. The van der Waals surface area contributed by atoms with E-state index in [2.05, 4.69) is 27.0 Å². The Hall–Kier alpha value is -0.220. The maximum absolute atomic E-state index is 11.7. The molecule has 1 N–H and O–H groups in total. The van der Waals surface area contributed by atoms with Crippen molar-refractivity contribution in [2.24, 2.45) is 16.7 Å². The minimum atomic E-state index is -0.274. The van der Waals surface area contributed by atoms with Crippen LogP contribution >= 0.6 is 0 Å². The first-order valence-corrected chi connectivity index (χ1v) is 9.07. The molecule has 2 fully saturated rings. The first-order valence-electron chi connectivity index (χ1n) is 7.20. The molecule has 5 atom stereocenters. The van der Waals surface area contributed by atoms with Gasteiger partial charge in [0.1, 0.15) is 11.4 Å². The molecule has 19 heavy (non-hydrogen) atoms. The molecule has 2 bridgehead atoms. The zero-order valence-electron chi connectivity index (χ0n) is 12.7. The van der Waals surface area contributed by atoms with Crippen LogP contribution < -0.4 is 0 Å². The first-order chi connectivity index (χ1) is 8.75. The third-order valence-corrected chi connectivity index (χ3v) is 8.06. The molecule has 0 aromatic heterocycles. The van der Waals surface area contributed by atoms with Crippen LogP contribution in [0.4, 0.5) is 0 Å². The third kappa shape index (κ3) is 2.11. The maximum Gasteiger partial charge on any atom is 0.356 e. The lowest BCUT2D eigenvalue weighted by Gasteiger charge is -2.36. The van der Waals surface area contributed by atoms with Crippen molar-refractivity contribution in [2.75, 3.05) is 18.6 Å². The first kappa shape index (κ1) is 15.2. The SMILES string of the molecule is CCOC(=O)C[S+](C)[C@@H]1[C@H]2CC[C@@](C)([C@@H]1O)C2(C)C. The van der Waals surface area contributed by atoms with Gasteiger partial charge in [0.05, 0.1) is 12.9 Å². The second-order valence-corrected chi connectivity index (χ2v) is 9.05. The van der Waals surface area contributed by atoms with Crippen molar-refractivity contribution >= 4 is 16.9 Å². The fourth-order valence-electron chi connectivity index (χ4n) is 4.23. The molecule has 2 aliphatic rings. The highest BCUT2D eigenvalue weighted by atomic mass is 32.2. The van der Waals surface area contributed by atoms with E-state index in [0.717, 1.165) is 6.42 Å². The zero-order chi connectivity index (χ0) is 14.4. The van der Waals surface area contributed by atoms with Crippen LogP contribution in [-0.2, 0) is 20.4 Å². The number of hydrogen-bond donors (Lipinski definition) is 1. The number of aliphatic hydroxyl groups excluding tert-OH is 1. The molecule has 0 aromatic carbocycles. The number of fused-ring (bicyclic) bond motifs is 2. The Labute approximate surface area is 119 Å². The van der Waals surface area contributed by atoms with Gasteiger partial charge in [0.2, 0.25) is 5.75 Å². The van der Waals surface area contributed by atoms with Gasteiger partial charge in [-0.15, -0.1) is 0 Å². The summed E-state index contributed by atoms with van der Waals surface area (Å²) in [5.41, 5.74) is 0.186. The van der Waals surface area contributed by atoms with Crippen molar-refractivity contribution in [3.05, 3.63) is 0 Å². The van der Waals surface area contributed by atoms with Gasteiger partial charge >= 0.3 is 5.97 Å². The van der Waals surface area contributed by atoms with Gasteiger partial charge in [-0.2, -0.15) is 0 Å². The molecule has 0 aliphatic heterocycles. The van der Waals surface area contributed by atoms with E-state index in [1.165, 1.54) is 6.42 Å². The van der Waals surface area contributed by atoms with E-state index in [9.17, 15) is 9.90 Å². The van der Waals surface area contributed by atoms with Crippen LogP contribution in [0.5, 0.6) is 0 Å². The number of ether oxygens (including phenoxy) is 1. The molecule has 0 heterocycles. The summed E-state index contributed by atoms with van der Waals surface area (Å²) in [5, 5.41) is 11.0. The fraction of sp³-hybridized carbons (Fsp3) is 0.933. The van der Waals surface area contributed by atoms with E-state index in [0.29, 0.717) is 18.3 Å². The molecule has 110 valence electrons. The third-order valence-electron chi connectivity index (χ3n) is 5.85. The number of hydrogen-bond acceptors (Lipinski definition) is 3. The molecule has 0 spiro atoms. The van der Waals surface area contributed by atoms with E-state index < -0.39 is 0 Å². The van der Waals surface area contributed by atoms with Gasteiger partial charge in [0.25, 0.3) is 0 Å². The number of carbonyl (C=O) groups excluding carboxylic acids is 1. The van der Waals surface area contributed by atoms with Gasteiger partial charge in [-0.1, -0.05) is 20.8 Å². The van der Waals surface area contributed by atoms with Crippen molar-refractivity contribution < 1.29 is 14.6 Å². The van der Waals surface area contributed by atoms with Gasteiger partial charge in [0, 0.05) is 22.2 Å². The van der Waals surface area contributed by atoms with Crippen molar-refractivity contribution in [1.82, 2.24) is 0 Å². The summed E-state index contributed by atoms with van der Waals surface area (Å²) in [4.78, 5) is 11.7. The fourth-order valence-corrected chi connectivity index (χ4v) is 6.66. The van der Waals surface area contributed by atoms with E-state index in [-0.39, 0.29) is 39.0 Å². The summed E-state index contributed by atoms with van der Waals surface area (Å²) < 4.78 is 5.05. The van der Waals surface area contributed by atoms with Crippen molar-refractivity contribution in [1.29, 1.82) is 0 Å². The summed E-state index contributed by atoms with van der Waals surface area (Å²) in [6, 6.07) is 0. The minimum Gasteiger partial charge on any atom is -0.463 e. The van der Waals surface area contributed by atoms with Gasteiger partial charge in [-0.25, -0.2) is 4.79 Å². The Morgan fingerprint density at radius 1 is 1.42 bits per heavy atom. The monoisotopic (exact) mass is 287 g/mol. The molecular weight excluding hydrogens is 260 g/mol. The largest absolute Gasteiger partial charge is 0.463 e. The predicted molar refractivity (Wildman–Crippen MR) is 79.2 cm³/mol. The van der Waals surface area contributed by atoms with E-state index in [1.807, 2.05) is 6.92 Å². The van der Waals surface area contributed by atoms with Crippen LogP contribution in [0.25, 0.3) is 0 Å². The Kier molecular flexibility index (Phi) is 3.96. The van der Waals surface area contributed by atoms with Gasteiger partial charge in [-0.3, -0.25) is 0 Å². The highest BCUT2D eigenvalue weighted by molar-refractivity contribution is 7.97. The summed E-state index contributed by atoms with van der Waals surface area (Å²) >= 11 is 0. The molecule has 2 rings (SSSR count). The number of esters is 1. The van der Waals surface area contributed by atoms with Crippen LogP contribution in [0.2, 0.25) is 0 Å². The predicted octanol–water partition coefficient (Wildman–Crippen LogP) is 1.98. The molecule has 0 amide bonds. The van der Waals surface area contributed by atoms with Crippen LogP contribution in [0.3, 0.4) is 0 Å². The summed E-state index contributed by atoms with van der Waals surface area (Å²) in [7, 11) is -0.104. The topological polar surface area (TPSA) is 46.5 Å². The van der Waals surface area contributed by atoms with Crippen LogP contribution in [0.15, 0.2) is 0 Å². The lowest BCUT2D eigenvalue weighted by Crippen LogP contribution is -2.44. The average Bonchev–Trinajstić information content (AvgIpc) is 2.61. The quantitative estimate of drug-likeness (QED) is 0.635. The van der Waals surface area contributed by atoms with Crippen molar-refractivity contribution in [3.63, 3.8) is 0 Å². The maximum atomic E-state index is 11.7. The van der Waals surface area contributed by atoms with Crippen LogP contribution in [-0.4, -0.2) is 41.0 Å². The Morgan fingerprint density at radius 3 is 2.53 bits per heavy atom. The molecule has 2 saturated carbocycles. The van der Waals surface area contributed by atoms with E-state index in [4.69, 9.17) is 4.74 Å². The highest BCUT2D eigenvalue weighted by Gasteiger charge is 2.70. The van der Waals surface area contributed by atoms with Gasteiger partial charge in [0.15, 0.2) is 0 Å². The highest BCUT2D eigenvalue weighted by Crippen LogP contribution is 2.66. The summed E-state index contributed by atoms with van der Waals surface area (Å²) in [5.74, 6) is 0.875. The van der Waals surface area contributed by atoms with Gasteiger partial charge < -0.3 is 9.84 Å². The van der Waals surface area contributed by atoms with Crippen molar-refractivity contribution in [2.45, 2.75) is 51.9 Å². The molecule has 2 aliphatic carbocycles. The molecule has 0 saturated heterocycles. The molecular formula is C15H27O3S+. The van der Waals surface area contributed by atoms with E-state index >= 15 is 0 Å². The average molecular weight is 287 g/mol. The Bertz CT molecular complexity index is 368. The lowest BCUT2D eigenvalue weighted by molar-refractivity contribution is -0.139.